The van der Waals surface area contributed by atoms with Crippen LogP contribution in [0.25, 0.3) is 0 Å². The third kappa shape index (κ3) is 2.74. The molecule has 104 valence electrons. The van der Waals surface area contributed by atoms with E-state index in [2.05, 4.69) is 4.90 Å². The highest BCUT2D eigenvalue weighted by Gasteiger charge is 2.41. The predicted octanol–water partition coefficient (Wildman–Crippen LogP) is 2.11. The molecule has 0 amide bonds. The maximum absolute atomic E-state index is 13.2. The fraction of sp³-hybridized carbons (Fsp3) is 0.600. The van der Waals surface area contributed by atoms with Crippen molar-refractivity contribution < 1.29 is 14.6 Å². The van der Waals surface area contributed by atoms with E-state index in [1.807, 2.05) is 0 Å². The number of β-amino-alcohol motifs (C(OH)–C–C–N with tert-alkyl or cyclic N) is 1. The van der Waals surface area contributed by atoms with E-state index in [0.717, 1.165) is 18.7 Å². The number of nitrogens with zero attached hydrogens (tertiary/aromatic N) is 1. The van der Waals surface area contributed by atoms with Gasteiger partial charge in [-0.2, -0.15) is 0 Å². The zero-order valence-electron chi connectivity index (χ0n) is 10.9. The van der Waals surface area contributed by atoms with Gasteiger partial charge in [-0.05, 0) is 42.4 Å². The Hall–Kier alpha value is -1.13. The first kappa shape index (κ1) is 12.9. The summed E-state index contributed by atoms with van der Waals surface area (Å²) >= 11 is 0. The fourth-order valence-electron chi connectivity index (χ4n) is 3.52. The molecule has 3 nitrogen and oxygen atoms in total. The van der Waals surface area contributed by atoms with Crippen molar-refractivity contribution in [1.29, 1.82) is 0 Å². The van der Waals surface area contributed by atoms with Crippen molar-refractivity contribution >= 4 is 0 Å². The van der Waals surface area contributed by atoms with E-state index in [1.165, 1.54) is 0 Å². The Bertz CT molecular complexity index is 422. The highest BCUT2D eigenvalue weighted by atomic mass is 19.1. The van der Waals surface area contributed by atoms with Crippen molar-refractivity contribution in [2.75, 3.05) is 19.6 Å². The molecule has 0 aromatic heterocycles. The second kappa shape index (κ2) is 5.10. The van der Waals surface area contributed by atoms with Gasteiger partial charge in [0, 0.05) is 19.6 Å². The van der Waals surface area contributed by atoms with Gasteiger partial charge in [0.15, 0.2) is 0 Å². The Morgan fingerprint density at radius 3 is 2.32 bits per heavy atom. The Kier molecular flexibility index (Phi) is 3.46. The number of rotatable bonds is 3. The average Bonchev–Trinajstić information content (AvgIpc) is 2.86. The van der Waals surface area contributed by atoms with Crippen molar-refractivity contribution in [3.8, 4) is 5.75 Å². The van der Waals surface area contributed by atoms with Gasteiger partial charge >= 0.3 is 0 Å². The summed E-state index contributed by atoms with van der Waals surface area (Å²) in [5.41, 5.74) is 0.818. The number of phenols is 1. The third-order valence-corrected chi connectivity index (χ3v) is 4.48. The van der Waals surface area contributed by atoms with Gasteiger partial charge < -0.3 is 10.2 Å². The number of aliphatic hydroxyl groups excluding tert-OH is 1. The topological polar surface area (TPSA) is 43.7 Å². The minimum atomic E-state index is -0.612. The minimum absolute atomic E-state index is 0.209. The molecular weight excluding hydrogens is 245 g/mol. The van der Waals surface area contributed by atoms with E-state index in [9.17, 15) is 14.6 Å². The molecule has 2 fully saturated rings. The standard InChI is InChI=1S/C15H20FNO2/c16-13-5-11-7-17(8-12(11)6-13)9-15(19)10-1-3-14(18)4-2-10/h1-4,11-13,15,18-19H,5-9H2. The molecular formula is C15H20FNO2. The Morgan fingerprint density at radius 2 is 1.74 bits per heavy atom. The predicted molar refractivity (Wildman–Crippen MR) is 70.6 cm³/mol. The summed E-state index contributed by atoms with van der Waals surface area (Å²) in [6, 6.07) is 6.67. The first-order valence-electron chi connectivity index (χ1n) is 6.95. The highest BCUT2D eigenvalue weighted by molar-refractivity contribution is 5.27. The maximum atomic E-state index is 13.2. The molecule has 1 saturated carbocycles. The molecule has 3 unspecified atom stereocenters. The smallest absolute Gasteiger partial charge is 0.115 e. The lowest BCUT2D eigenvalue weighted by Gasteiger charge is -2.21. The van der Waals surface area contributed by atoms with Gasteiger partial charge in [0.1, 0.15) is 11.9 Å². The van der Waals surface area contributed by atoms with Gasteiger partial charge in [-0.1, -0.05) is 12.1 Å². The SMILES string of the molecule is Oc1ccc(C(O)CN2CC3CC(F)CC3C2)cc1. The number of hydrogen-bond acceptors (Lipinski definition) is 3. The number of hydrogen-bond donors (Lipinski definition) is 2. The summed E-state index contributed by atoms with van der Waals surface area (Å²) in [5.74, 6) is 1.16. The number of halogens is 1. The van der Waals surface area contributed by atoms with Crippen molar-refractivity contribution in [3.63, 3.8) is 0 Å². The molecule has 4 heteroatoms. The van der Waals surface area contributed by atoms with Crippen LogP contribution in [0.5, 0.6) is 5.75 Å². The molecule has 1 aliphatic carbocycles. The lowest BCUT2D eigenvalue weighted by Crippen LogP contribution is -2.27. The van der Waals surface area contributed by atoms with Gasteiger partial charge in [-0.25, -0.2) is 4.39 Å². The molecule has 2 N–H and O–H groups in total. The van der Waals surface area contributed by atoms with Crippen LogP contribution >= 0.6 is 0 Å². The number of benzene rings is 1. The molecule has 1 aliphatic heterocycles. The van der Waals surface area contributed by atoms with E-state index in [0.29, 0.717) is 31.2 Å². The Morgan fingerprint density at radius 1 is 1.16 bits per heavy atom. The lowest BCUT2D eigenvalue weighted by atomic mass is 10.0. The van der Waals surface area contributed by atoms with Gasteiger partial charge in [0.2, 0.25) is 0 Å². The van der Waals surface area contributed by atoms with E-state index >= 15 is 0 Å². The summed E-state index contributed by atoms with van der Waals surface area (Å²) in [6.45, 7) is 2.40. The van der Waals surface area contributed by atoms with E-state index < -0.39 is 12.3 Å². The number of alkyl halides is 1. The van der Waals surface area contributed by atoms with Crippen LogP contribution in [-0.4, -0.2) is 40.9 Å². The minimum Gasteiger partial charge on any atom is -0.508 e. The van der Waals surface area contributed by atoms with Crippen LogP contribution in [0.1, 0.15) is 24.5 Å². The molecule has 1 aromatic rings. The number of aromatic hydroxyl groups is 1. The van der Waals surface area contributed by atoms with E-state index in [1.54, 1.807) is 24.3 Å². The molecule has 1 aromatic carbocycles. The maximum Gasteiger partial charge on any atom is 0.115 e. The fourth-order valence-corrected chi connectivity index (χ4v) is 3.52. The quantitative estimate of drug-likeness (QED) is 0.879. The number of likely N-dealkylation sites (tertiary alicyclic amines) is 1. The molecule has 3 rings (SSSR count). The number of aliphatic hydroxyl groups is 1. The molecule has 2 aliphatic rings. The van der Waals surface area contributed by atoms with Gasteiger partial charge in [-0.15, -0.1) is 0 Å². The molecule has 0 bridgehead atoms. The second-order valence-corrected chi connectivity index (χ2v) is 5.91. The van der Waals surface area contributed by atoms with Crippen LogP contribution in [0.15, 0.2) is 24.3 Å². The molecule has 0 radical (unpaired) electrons. The summed E-state index contributed by atoms with van der Waals surface area (Å²) in [7, 11) is 0. The molecule has 1 saturated heterocycles. The van der Waals surface area contributed by atoms with Gasteiger partial charge in [-0.3, -0.25) is 4.90 Å². The molecule has 1 heterocycles. The largest absolute Gasteiger partial charge is 0.508 e. The van der Waals surface area contributed by atoms with Crippen molar-refractivity contribution in [1.82, 2.24) is 4.90 Å². The Balaban J connectivity index is 1.56. The van der Waals surface area contributed by atoms with Crippen LogP contribution in [-0.2, 0) is 0 Å². The summed E-state index contributed by atoms with van der Waals surface area (Å²) in [4.78, 5) is 2.23. The van der Waals surface area contributed by atoms with Crippen LogP contribution in [0.3, 0.4) is 0 Å². The Labute approximate surface area is 112 Å². The van der Waals surface area contributed by atoms with E-state index in [-0.39, 0.29) is 5.75 Å². The first-order chi connectivity index (χ1) is 9.11. The third-order valence-electron chi connectivity index (χ3n) is 4.48. The molecule has 19 heavy (non-hydrogen) atoms. The number of phenolic OH excluding ortho intramolecular Hbond substituents is 1. The highest BCUT2D eigenvalue weighted by Crippen LogP contribution is 2.39. The molecule has 0 spiro atoms. The van der Waals surface area contributed by atoms with Gasteiger partial charge in [0.25, 0.3) is 0 Å². The monoisotopic (exact) mass is 265 g/mol. The zero-order chi connectivity index (χ0) is 13.4. The van der Waals surface area contributed by atoms with Gasteiger partial charge in [0.05, 0.1) is 6.10 Å². The average molecular weight is 265 g/mol. The lowest BCUT2D eigenvalue weighted by molar-refractivity contribution is 0.119. The molecule has 3 atom stereocenters. The summed E-state index contributed by atoms with van der Waals surface area (Å²) < 4.78 is 13.2. The van der Waals surface area contributed by atoms with Crippen molar-refractivity contribution in [2.24, 2.45) is 11.8 Å². The second-order valence-electron chi connectivity index (χ2n) is 5.91. The van der Waals surface area contributed by atoms with E-state index in [4.69, 9.17) is 0 Å². The van der Waals surface area contributed by atoms with Crippen LogP contribution < -0.4 is 0 Å². The zero-order valence-corrected chi connectivity index (χ0v) is 10.9. The van der Waals surface area contributed by atoms with Crippen molar-refractivity contribution in [2.45, 2.75) is 25.1 Å². The van der Waals surface area contributed by atoms with Crippen LogP contribution in [0, 0.1) is 11.8 Å². The number of fused-ring (bicyclic) bond motifs is 1. The van der Waals surface area contributed by atoms with Crippen molar-refractivity contribution in [3.05, 3.63) is 29.8 Å². The van der Waals surface area contributed by atoms with Crippen LogP contribution in [0.4, 0.5) is 4.39 Å². The first-order valence-corrected chi connectivity index (χ1v) is 6.95. The van der Waals surface area contributed by atoms with Crippen LogP contribution in [0.2, 0.25) is 0 Å². The summed E-state index contributed by atoms with van der Waals surface area (Å²) in [6.07, 6.45) is 0.229. The normalized spacial score (nSPS) is 32.4. The summed E-state index contributed by atoms with van der Waals surface area (Å²) in [5, 5.41) is 19.4.